The second-order valence-corrected chi connectivity index (χ2v) is 2.59. The molecule has 2 aromatic rings. The lowest BCUT2D eigenvalue weighted by Crippen LogP contribution is -1.74. The van der Waals surface area contributed by atoms with Gasteiger partial charge < -0.3 is 5.11 Å². The highest BCUT2D eigenvalue weighted by Crippen LogP contribution is 2.18. The van der Waals surface area contributed by atoms with E-state index in [1.54, 1.807) is 18.2 Å². The molecule has 0 aliphatic carbocycles. The Balaban J connectivity index is 2.87. The van der Waals surface area contributed by atoms with Crippen LogP contribution in [0, 0.1) is 0 Å². The second kappa shape index (κ2) is 2.13. The maximum atomic E-state index is 9.07. The third kappa shape index (κ3) is 0.935. The van der Waals surface area contributed by atoms with E-state index in [1.165, 1.54) is 10.4 Å². The first-order valence-electron chi connectivity index (χ1n) is 3.09. The third-order valence-electron chi connectivity index (χ3n) is 1.49. The summed E-state index contributed by atoms with van der Waals surface area (Å²) in [6.45, 7) is 0. The number of rotatable bonds is 0. The summed E-state index contributed by atoms with van der Waals surface area (Å²) in [4.78, 5) is 3.98. The Kier molecular flexibility index (Phi) is 1.26. The largest absolute Gasteiger partial charge is 0.508 e. The smallest absolute Gasteiger partial charge is 0.117 e. The summed E-state index contributed by atoms with van der Waals surface area (Å²) < 4.78 is 1.34. The van der Waals surface area contributed by atoms with Gasteiger partial charge in [0.1, 0.15) is 12.1 Å². The molecule has 1 aromatic heterocycles. The summed E-state index contributed by atoms with van der Waals surface area (Å²) in [6, 6.07) is 4.85. The molecule has 0 amide bonds. The molecule has 56 valence electrons. The van der Waals surface area contributed by atoms with E-state index < -0.39 is 0 Å². The highest BCUT2D eigenvalue weighted by molar-refractivity contribution is 6.18. The van der Waals surface area contributed by atoms with E-state index >= 15 is 0 Å². The third-order valence-corrected chi connectivity index (χ3v) is 1.76. The van der Waals surface area contributed by atoms with E-state index in [9.17, 15) is 0 Å². The van der Waals surface area contributed by atoms with Crippen molar-refractivity contribution in [3.8, 4) is 5.75 Å². The number of fused-ring (bicyclic) bond motifs is 1. The average Bonchev–Trinajstić information content (AvgIpc) is 2.33. The molecular formula is C7H5ClN2O. The minimum Gasteiger partial charge on any atom is -0.508 e. The standard InChI is InChI=1S/C7H5ClN2O/c8-10-4-9-6-2-1-5(11)3-7(6)10/h1-4,11H. The number of hydrogen-bond donors (Lipinski definition) is 1. The van der Waals surface area contributed by atoms with Gasteiger partial charge in [0.25, 0.3) is 0 Å². The van der Waals surface area contributed by atoms with Crippen molar-refractivity contribution in [2.45, 2.75) is 0 Å². The van der Waals surface area contributed by atoms with Crippen LogP contribution in [0.3, 0.4) is 0 Å². The monoisotopic (exact) mass is 168 g/mol. The fourth-order valence-electron chi connectivity index (χ4n) is 0.967. The van der Waals surface area contributed by atoms with E-state index in [0.717, 1.165) is 5.52 Å². The SMILES string of the molecule is Oc1ccc2ncn(Cl)c2c1. The summed E-state index contributed by atoms with van der Waals surface area (Å²) in [6.07, 6.45) is 1.49. The van der Waals surface area contributed by atoms with E-state index in [4.69, 9.17) is 16.9 Å². The first kappa shape index (κ1) is 6.49. The molecule has 0 bridgehead atoms. The van der Waals surface area contributed by atoms with Gasteiger partial charge in [-0.3, -0.25) is 0 Å². The van der Waals surface area contributed by atoms with Crippen LogP contribution >= 0.6 is 11.8 Å². The molecule has 3 nitrogen and oxygen atoms in total. The van der Waals surface area contributed by atoms with Gasteiger partial charge in [0.15, 0.2) is 0 Å². The van der Waals surface area contributed by atoms with Gasteiger partial charge >= 0.3 is 0 Å². The molecule has 0 aliphatic rings. The maximum Gasteiger partial charge on any atom is 0.117 e. The zero-order chi connectivity index (χ0) is 7.84. The predicted molar refractivity (Wildman–Crippen MR) is 42.6 cm³/mol. The molecule has 4 heteroatoms. The summed E-state index contributed by atoms with van der Waals surface area (Å²) in [5, 5.41) is 9.07. The van der Waals surface area contributed by atoms with Gasteiger partial charge in [0.2, 0.25) is 0 Å². The number of imidazole rings is 1. The number of phenolic OH excluding ortho intramolecular Hbond substituents is 1. The average molecular weight is 169 g/mol. The van der Waals surface area contributed by atoms with Crippen LogP contribution in [0.2, 0.25) is 0 Å². The van der Waals surface area contributed by atoms with Gasteiger partial charge in [0, 0.05) is 17.8 Å². The molecular weight excluding hydrogens is 164 g/mol. The summed E-state index contributed by atoms with van der Waals surface area (Å²) >= 11 is 5.69. The van der Waals surface area contributed by atoms with E-state index in [2.05, 4.69) is 4.98 Å². The minimum atomic E-state index is 0.194. The number of benzene rings is 1. The van der Waals surface area contributed by atoms with Crippen LogP contribution < -0.4 is 0 Å². The van der Waals surface area contributed by atoms with Crippen molar-refractivity contribution in [2.75, 3.05) is 0 Å². The molecule has 0 radical (unpaired) electrons. The Labute approximate surface area is 68.0 Å². The van der Waals surface area contributed by atoms with Crippen LogP contribution in [-0.4, -0.2) is 14.2 Å². The molecule has 0 spiro atoms. The number of nitrogens with zero attached hydrogens (tertiary/aromatic N) is 2. The van der Waals surface area contributed by atoms with Crippen LogP contribution in [-0.2, 0) is 0 Å². The van der Waals surface area contributed by atoms with Gasteiger partial charge in [-0.2, -0.15) is 0 Å². The fraction of sp³-hybridized carbons (Fsp3) is 0. The van der Waals surface area contributed by atoms with Crippen molar-refractivity contribution < 1.29 is 5.11 Å². The first-order chi connectivity index (χ1) is 5.27. The van der Waals surface area contributed by atoms with Crippen LogP contribution in [0.1, 0.15) is 0 Å². The van der Waals surface area contributed by atoms with Crippen molar-refractivity contribution in [3.63, 3.8) is 0 Å². The zero-order valence-corrected chi connectivity index (χ0v) is 6.28. The van der Waals surface area contributed by atoms with Gasteiger partial charge in [-0.25, -0.2) is 9.07 Å². The van der Waals surface area contributed by atoms with Gasteiger partial charge in [-0.1, -0.05) is 0 Å². The van der Waals surface area contributed by atoms with E-state index in [-0.39, 0.29) is 5.75 Å². The molecule has 1 aromatic carbocycles. The molecule has 0 unspecified atom stereocenters. The molecule has 0 saturated heterocycles. The highest BCUT2D eigenvalue weighted by Gasteiger charge is 1.99. The molecule has 0 saturated carbocycles. The number of phenols is 1. The Hall–Kier alpha value is -1.22. The topological polar surface area (TPSA) is 38.1 Å². The van der Waals surface area contributed by atoms with Crippen molar-refractivity contribution in [3.05, 3.63) is 24.5 Å². The van der Waals surface area contributed by atoms with Crippen LogP contribution in [0.25, 0.3) is 11.0 Å². The summed E-state index contributed by atoms with van der Waals surface area (Å²) in [7, 11) is 0. The van der Waals surface area contributed by atoms with Crippen molar-refractivity contribution in [2.24, 2.45) is 0 Å². The lowest BCUT2D eigenvalue weighted by Gasteiger charge is -1.91. The lowest BCUT2D eigenvalue weighted by atomic mass is 10.3. The number of aromatic nitrogens is 2. The van der Waals surface area contributed by atoms with Crippen LogP contribution in [0.4, 0.5) is 0 Å². The van der Waals surface area contributed by atoms with Crippen molar-refractivity contribution >= 4 is 22.8 Å². The van der Waals surface area contributed by atoms with Gasteiger partial charge in [-0.05, 0) is 12.1 Å². The first-order valence-corrected chi connectivity index (χ1v) is 3.43. The molecule has 1 N–H and O–H groups in total. The second-order valence-electron chi connectivity index (χ2n) is 2.23. The molecule has 0 fully saturated rings. The number of aromatic hydroxyl groups is 1. The fourth-order valence-corrected chi connectivity index (χ4v) is 1.15. The number of hydrogen-bond acceptors (Lipinski definition) is 2. The Morgan fingerprint density at radius 2 is 2.27 bits per heavy atom. The van der Waals surface area contributed by atoms with Gasteiger partial charge in [0.05, 0.1) is 11.0 Å². The van der Waals surface area contributed by atoms with Crippen molar-refractivity contribution in [1.82, 2.24) is 9.07 Å². The maximum absolute atomic E-state index is 9.07. The van der Waals surface area contributed by atoms with Crippen molar-refractivity contribution in [1.29, 1.82) is 0 Å². The van der Waals surface area contributed by atoms with Gasteiger partial charge in [-0.15, -0.1) is 0 Å². The van der Waals surface area contributed by atoms with E-state index in [1.807, 2.05) is 0 Å². The zero-order valence-electron chi connectivity index (χ0n) is 5.53. The Bertz CT molecular complexity index is 396. The molecule has 11 heavy (non-hydrogen) atoms. The quantitative estimate of drug-likeness (QED) is 0.651. The Morgan fingerprint density at radius 1 is 1.45 bits per heavy atom. The van der Waals surface area contributed by atoms with Crippen LogP contribution in [0.5, 0.6) is 5.75 Å². The molecule has 0 atom stereocenters. The predicted octanol–water partition coefficient (Wildman–Crippen LogP) is 1.74. The summed E-state index contributed by atoms with van der Waals surface area (Å²) in [5.74, 6) is 0.194. The number of halogens is 1. The summed E-state index contributed by atoms with van der Waals surface area (Å²) in [5.41, 5.74) is 1.49. The van der Waals surface area contributed by atoms with E-state index in [0.29, 0.717) is 5.52 Å². The minimum absolute atomic E-state index is 0.194. The molecule has 1 heterocycles. The van der Waals surface area contributed by atoms with Crippen LogP contribution in [0.15, 0.2) is 24.5 Å². The highest BCUT2D eigenvalue weighted by atomic mass is 35.5. The molecule has 2 rings (SSSR count). The lowest BCUT2D eigenvalue weighted by molar-refractivity contribution is 0.476. The Morgan fingerprint density at radius 3 is 3.09 bits per heavy atom. The molecule has 0 aliphatic heterocycles. The normalized spacial score (nSPS) is 10.6.